The number of nitriles is 1. The van der Waals surface area contributed by atoms with Gasteiger partial charge in [0.1, 0.15) is 35.3 Å². The van der Waals surface area contributed by atoms with E-state index in [4.69, 9.17) is 20.5 Å². The molecule has 2 N–H and O–H groups in total. The van der Waals surface area contributed by atoms with Crippen molar-refractivity contribution in [2.45, 2.75) is 75.4 Å². The third kappa shape index (κ3) is 8.66. The van der Waals surface area contributed by atoms with E-state index in [0.717, 1.165) is 0 Å². The van der Waals surface area contributed by atoms with Crippen LogP contribution in [0.3, 0.4) is 0 Å². The highest BCUT2D eigenvalue weighted by Gasteiger charge is 2.37. The summed E-state index contributed by atoms with van der Waals surface area (Å²) in [4.78, 5) is 39.6. The quantitative estimate of drug-likeness (QED) is 0.183. The third-order valence-electron chi connectivity index (χ3n) is 8.42. The third-order valence-corrected chi connectivity index (χ3v) is 9.79. The van der Waals surface area contributed by atoms with Crippen LogP contribution in [0.5, 0.6) is 5.75 Å². The molecule has 50 heavy (non-hydrogen) atoms. The number of hydrogen-bond donors (Lipinski definition) is 1. The van der Waals surface area contributed by atoms with Gasteiger partial charge in [-0.1, -0.05) is 12.1 Å². The number of piperidine rings is 1. The maximum atomic E-state index is 15.3. The van der Waals surface area contributed by atoms with Crippen LogP contribution in [0.1, 0.15) is 73.5 Å². The summed E-state index contributed by atoms with van der Waals surface area (Å²) in [6.45, 7) is 6.04. The van der Waals surface area contributed by atoms with Gasteiger partial charge in [-0.2, -0.15) is 9.84 Å². The van der Waals surface area contributed by atoms with Gasteiger partial charge in [-0.15, -0.1) is 11.8 Å². The van der Waals surface area contributed by atoms with Crippen molar-refractivity contribution in [3.8, 4) is 11.8 Å². The molecule has 1 unspecified atom stereocenters. The van der Waals surface area contributed by atoms with E-state index in [1.165, 1.54) is 40.8 Å². The first kappa shape index (κ1) is 36.5. The molecule has 1 saturated heterocycles. The van der Waals surface area contributed by atoms with Crippen LogP contribution in [0, 0.1) is 34.7 Å². The van der Waals surface area contributed by atoms with Gasteiger partial charge >= 0.3 is 11.9 Å². The Morgan fingerprint density at radius 1 is 1.12 bits per heavy atom. The number of anilines is 1. The molecule has 3 aromatic rings. The summed E-state index contributed by atoms with van der Waals surface area (Å²) in [6, 6.07) is 14.1. The molecule has 1 atom stereocenters. The zero-order valence-electron chi connectivity index (χ0n) is 28.0. The van der Waals surface area contributed by atoms with Crippen molar-refractivity contribution in [3.63, 3.8) is 0 Å². The van der Waals surface area contributed by atoms with Gasteiger partial charge in [-0.05, 0) is 76.4 Å². The van der Waals surface area contributed by atoms with E-state index in [1.54, 1.807) is 51.1 Å². The van der Waals surface area contributed by atoms with Crippen LogP contribution in [0.15, 0.2) is 53.4 Å². The van der Waals surface area contributed by atoms with Gasteiger partial charge in [0.25, 0.3) is 0 Å². The van der Waals surface area contributed by atoms with E-state index < -0.39 is 40.8 Å². The molecular weight excluding hydrogens is 669 g/mol. The lowest BCUT2D eigenvalue weighted by molar-refractivity contribution is -0.434. The van der Waals surface area contributed by atoms with Crippen LogP contribution < -0.4 is 15.4 Å². The van der Waals surface area contributed by atoms with Crippen molar-refractivity contribution in [1.29, 1.82) is 5.26 Å². The Morgan fingerprint density at radius 2 is 1.86 bits per heavy atom. The minimum atomic E-state index is -1.03. The second-order valence-electron chi connectivity index (χ2n) is 13.2. The first-order chi connectivity index (χ1) is 23.7. The number of nitrogens with two attached hydrogens (primary N) is 1. The van der Waals surface area contributed by atoms with Crippen LogP contribution in [0.4, 0.5) is 18.9 Å². The molecule has 262 valence electrons. The lowest BCUT2D eigenvalue weighted by Gasteiger charge is -2.33. The van der Waals surface area contributed by atoms with Crippen LogP contribution in [-0.4, -0.2) is 52.5 Å². The second-order valence-corrected chi connectivity index (χ2v) is 14.6. The van der Waals surface area contributed by atoms with Crippen LogP contribution in [-0.2, 0) is 27.5 Å². The van der Waals surface area contributed by atoms with Crippen molar-refractivity contribution >= 4 is 41.4 Å². The standard InChI is InChI=1S/C37H37F3N4O5S/c1-37(2,3)49-32(45)12-9-23(35(42)46)19-44-20-27-26(36(44)47)5-4-6-30(27)48-21-24-8-11-31(34(40)33(24)39)50-25-13-15-43(16-14-25)29-10-7-22(18-41)17-28(29)38/h4-8,10-11,17,19,23,25H,9,12-16,20-21H2,1-3H3,(H-,42,46)/p+1. The number of carbonyl (C=O) groups excluding carboxylic acids is 3. The molecule has 0 radical (unpaired) electrons. The summed E-state index contributed by atoms with van der Waals surface area (Å²) in [5, 5.41) is 8.98. The van der Waals surface area contributed by atoms with Gasteiger partial charge in [0.2, 0.25) is 5.91 Å². The maximum Gasteiger partial charge on any atom is 0.420 e. The average molecular weight is 708 g/mol. The number of benzene rings is 3. The minimum absolute atomic E-state index is 0.000593. The number of ether oxygens (including phenoxy) is 2. The molecule has 2 heterocycles. The van der Waals surface area contributed by atoms with Gasteiger partial charge in [0.15, 0.2) is 24.4 Å². The maximum absolute atomic E-state index is 15.3. The van der Waals surface area contributed by atoms with Crippen LogP contribution >= 0.6 is 11.8 Å². The Balaban J connectivity index is 1.20. The van der Waals surface area contributed by atoms with Crippen LogP contribution in [0.25, 0.3) is 0 Å². The van der Waals surface area contributed by atoms with E-state index in [2.05, 4.69) is 0 Å². The number of hydrogen-bond acceptors (Lipinski definition) is 8. The van der Waals surface area contributed by atoms with Crippen molar-refractivity contribution in [2.24, 2.45) is 11.7 Å². The van der Waals surface area contributed by atoms with E-state index in [-0.39, 0.29) is 53.2 Å². The number of thioether (sulfide) groups is 1. The molecule has 0 spiro atoms. The molecule has 0 aliphatic carbocycles. The number of amides is 2. The molecular formula is C37H38F3N4O5S+. The van der Waals surface area contributed by atoms with Gasteiger partial charge < -0.3 is 20.1 Å². The van der Waals surface area contributed by atoms with Gasteiger partial charge in [-0.3, -0.25) is 9.59 Å². The second kappa shape index (κ2) is 15.4. The van der Waals surface area contributed by atoms with E-state index in [9.17, 15) is 18.8 Å². The normalized spacial score (nSPS) is 16.2. The number of nitrogens with zero attached hydrogens (tertiary/aromatic N) is 3. The number of carbonyl (C=O) groups is 3. The molecule has 5 rings (SSSR count). The number of fused-ring (bicyclic) bond motifs is 1. The molecule has 2 amide bonds. The smallest absolute Gasteiger partial charge is 0.420 e. The van der Waals surface area contributed by atoms with Crippen molar-refractivity contribution < 1.29 is 41.6 Å². The topological polar surface area (TPSA) is 126 Å². The zero-order chi connectivity index (χ0) is 36.2. The van der Waals surface area contributed by atoms with Crippen molar-refractivity contribution in [1.82, 2.24) is 0 Å². The SMILES string of the molecule is CC(C)(C)OC(=O)CCC(C=[N+]1Cc2c(OCc3ccc(SC4CCN(c5ccc(C#N)cc5F)CC4)c(F)c3F)cccc2C1=O)C(N)=O. The summed E-state index contributed by atoms with van der Waals surface area (Å²) >= 11 is 1.24. The Kier molecular flexibility index (Phi) is 11.2. The van der Waals surface area contributed by atoms with Gasteiger partial charge in [0, 0.05) is 35.2 Å². The van der Waals surface area contributed by atoms with E-state index in [0.29, 0.717) is 48.5 Å². The zero-order valence-corrected chi connectivity index (χ0v) is 28.8. The Bertz CT molecular complexity index is 1880. The molecule has 9 nitrogen and oxygen atoms in total. The minimum Gasteiger partial charge on any atom is -0.488 e. The first-order valence-corrected chi connectivity index (χ1v) is 17.1. The lowest BCUT2D eigenvalue weighted by atomic mass is 10.0. The predicted octanol–water partition coefficient (Wildman–Crippen LogP) is 6.28. The Labute approximate surface area is 292 Å². The fourth-order valence-corrected chi connectivity index (χ4v) is 7.06. The van der Waals surface area contributed by atoms with Crippen molar-refractivity contribution in [3.05, 3.63) is 88.2 Å². The van der Waals surface area contributed by atoms with Gasteiger partial charge in [-0.25, -0.2) is 18.0 Å². The highest BCUT2D eigenvalue weighted by atomic mass is 32.2. The number of halogens is 3. The predicted molar refractivity (Wildman–Crippen MR) is 181 cm³/mol. The summed E-state index contributed by atoms with van der Waals surface area (Å²) < 4.78 is 57.5. The summed E-state index contributed by atoms with van der Waals surface area (Å²) in [6.07, 6.45) is 2.66. The molecule has 0 aromatic heterocycles. The lowest BCUT2D eigenvalue weighted by Crippen LogP contribution is -2.35. The first-order valence-electron chi connectivity index (χ1n) is 16.2. The van der Waals surface area contributed by atoms with Gasteiger partial charge in [0.05, 0.1) is 22.9 Å². The number of primary amides is 1. The highest BCUT2D eigenvalue weighted by molar-refractivity contribution is 8.00. The molecule has 13 heteroatoms. The molecule has 3 aromatic carbocycles. The largest absolute Gasteiger partial charge is 0.488 e. The Hall–Kier alpha value is -4.83. The van der Waals surface area contributed by atoms with Crippen LogP contribution in [0.2, 0.25) is 0 Å². The summed E-state index contributed by atoms with van der Waals surface area (Å²) in [5.74, 6) is -4.64. The van der Waals surface area contributed by atoms with E-state index >= 15 is 8.78 Å². The van der Waals surface area contributed by atoms with E-state index in [1.807, 2.05) is 11.0 Å². The molecule has 2 aliphatic rings. The Morgan fingerprint density at radius 3 is 2.52 bits per heavy atom. The molecule has 1 fully saturated rings. The fraction of sp³-hybridized carbons (Fsp3) is 0.378. The van der Waals surface area contributed by atoms with Crippen molar-refractivity contribution in [2.75, 3.05) is 18.0 Å². The highest BCUT2D eigenvalue weighted by Crippen LogP contribution is 2.36. The molecule has 2 aliphatic heterocycles. The number of esters is 1. The molecule has 0 bridgehead atoms. The summed E-state index contributed by atoms with van der Waals surface area (Å²) in [7, 11) is 0. The summed E-state index contributed by atoms with van der Waals surface area (Å²) in [5.41, 5.74) is 6.41. The number of rotatable bonds is 11. The average Bonchev–Trinajstić information content (AvgIpc) is 3.39. The monoisotopic (exact) mass is 707 g/mol. The fourth-order valence-electron chi connectivity index (χ4n) is 5.91. The molecule has 0 saturated carbocycles.